The number of likely N-dealkylation sites (tertiary alicyclic amines) is 2. The Bertz CT molecular complexity index is 377. The van der Waals surface area contributed by atoms with Crippen LogP contribution >= 0.6 is 0 Å². The van der Waals surface area contributed by atoms with E-state index in [1.54, 1.807) is 0 Å². The second-order valence-corrected chi connectivity index (χ2v) is 7.76. The van der Waals surface area contributed by atoms with Crippen molar-refractivity contribution < 1.29 is 9.90 Å². The Kier molecular flexibility index (Phi) is 4.55. The van der Waals surface area contributed by atoms with E-state index in [0.29, 0.717) is 17.9 Å². The monoisotopic (exact) mass is 294 g/mol. The number of nitrogens with zero attached hydrogens (tertiary/aromatic N) is 2. The molecule has 0 bridgehead atoms. The van der Waals surface area contributed by atoms with Gasteiger partial charge in [-0.15, -0.1) is 0 Å². The average molecular weight is 294 g/mol. The Labute approximate surface area is 128 Å². The van der Waals surface area contributed by atoms with Crippen molar-refractivity contribution in [2.24, 2.45) is 17.8 Å². The van der Waals surface area contributed by atoms with Crippen molar-refractivity contribution in [3.8, 4) is 0 Å². The zero-order valence-electron chi connectivity index (χ0n) is 13.5. The van der Waals surface area contributed by atoms with Gasteiger partial charge < -0.3 is 10.0 Å². The lowest BCUT2D eigenvalue weighted by molar-refractivity contribution is -0.144. The smallest absolute Gasteiger partial charge is 0.321 e. The van der Waals surface area contributed by atoms with Crippen LogP contribution in [-0.4, -0.2) is 59.1 Å². The Hall–Kier alpha value is -0.610. The van der Waals surface area contributed by atoms with E-state index in [-0.39, 0.29) is 6.04 Å². The van der Waals surface area contributed by atoms with Crippen molar-refractivity contribution in [3.05, 3.63) is 0 Å². The van der Waals surface area contributed by atoms with Crippen LogP contribution < -0.4 is 0 Å². The summed E-state index contributed by atoms with van der Waals surface area (Å²) >= 11 is 0. The van der Waals surface area contributed by atoms with Crippen LogP contribution in [0.1, 0.15) is 46.0 Å². The summed E-state index contributed by atoms with van der Waals surface area (Å²) in [6, 6.07) is 0.305. The number of rotatable bonds is 4. The first-order chi connectivity index (χ1) is 10.1. The lowest BCUT2D eigenvalue weighted by atomic mass is 9.93. The predicted octanol–water partition coefficient (Wildman–Crippen LogP) is 2.29. The van der Waals surface area contributed by atoms with Crippen LogP contribution in [0.5, 0.6) is 0 Å². The Morgan fingerprint density at radius 2 is 1.90 bits per heavy atom. The molecule has 3 atom stereocenters. The van der Waals surface area contributed by atoms with Crippen molar-refractivity contribution in [1.82, 2.24) is 9.80 Å². The second-order valence-electron chi connectivity index (χ2n) is 7.76. The lowest BCUT2D eigenvalue weighted by Gasteiger charge is -2.39. The first kappa shape index (κ1) is 15.3. The summed E-state index contributed by atoms with van der Waals surface area (Å²) in [4.78, 5) is 16.7. The maximum absolute atomic E-state index is 11.8. The highest BCUT2D eigenvalue weighted by molar-refractivity contribution is 5.74. The summed E-state index contributed by atoms with van der Waals surface area (Å²) in [7, 11) is 0. The van der Waals surface area contributed by atoms with Crippen LogP contribution in [0.3, 0.4) is 0 Å². The maximum atomic E-state index is 11.8. The molecule has 0 aromatic carbocycles. The Morgan fingerprint density at radius 3 is 2.52 bits per heavy atom. The van der Waals surface area contributed by atoms with Crippen molar-refractivity contribution in [1.29, 1.82) is 0 Å². The number of hydrogen-bond acceptors (Lipinski definition) is 3. The summed E-state index contributed by atoms with van der Waals surface area (Å²) in [5.41, 5.74) is 0. The lowest BCUT2D eigenvalue weighted by Crippen LogP contribution is -2.50. The van der Waals surface area contributed by atoms with E-state index in [4.69, 9.17) is 0 Å². The molecule has 1 saturated carbocycles. The molecule has 1 aliphatic carbocycles. The van der Waals surface area contributed by atoms with Crippen LogP contribution in [0.25, 0.3) is 0 Å². The zero-order chi connectivity index (χ0) is 15.0. The van der Waals surface area contributed by atoms with Gasteiger partial charge in [-0.05, 0) is 56.5 Å². The highest BCUT2D eigenvalue weighted by atomic mass is 16.4. The molecule has 0 aromatic rings. The van der Waals surface area contributed by atoms with Gasteiger partial charge in [0.25, 0.3) is 0 Å². The third-order valence-electron chi connectivity index (χ3n) is 5.83. The first-order valence-corrected chi connectivity index (χ1v) is 8.77. The summed E-state index contributed by atoms with van der Waals surface area (Å²) in [5.74, 6) is 1.23. The van der Waals surface area contributed by atoms with E-state index in [1.165, 1.54) is 19.4 Å². The molecular weight excluding hydrogens is 264 g/mol. The quantitative estimate of drug-likeness (QED) is 0.864. The van der Waals surface area contributed by atoms with Gasteiger partial charge in [-0.1, -0.05) is 20.3 Å². The van der Waals surface area contributed by atoms with Gasteiger partial charge in [0.1, 0.15) is 6.04 Å². The second kappa shape index (κ2) is 6.25. The van der Waals surface area contributed by atoms with Crippen molar-refractivity contribution in [2.75, 3.05) is 26.2 Å². The van der Waals surface area contributed by atoms with Crippen LogP contribution in [0.2, 0.25) is 0 Å². The number of carboxylic acid groups (broad SMARTS) is 1. The largest absolute Gasteiger partial charge is 0.480 e. The molecule has 2 aliphatic heterocycles. The third-order valence-corrected chi connectivity index (χ3v) is 5.83. The SMILES string of the molecule is CC(C)CN1CCC(N2CC3CCCC3C2C(=O)O)CC1. The van der Waals surface area contributed by atoms with Crippen molar-refractivity contribution in [3.63, 3.8) is 0 Å². The van der Waals surface area contributed by atoms with E-state index in [1.807, 2.05) is 0 Å². The molecule has 0 spiro atoms. The van der Waals surface area contributed by atoms with Gasteiger partial charge in [0.05, 0.1) is 0 Å². The number of fused-ring (bicyclic) bond motifs is 1. The van der Waals surface area contributed by atoms with Gasteiger partial charge in [-0.25, -0.2) is 0 Å². The first-order valence-electron chi connectivity index (χ1n) is 8.77. The summed E-state index contributed by atoms with van der Waals surface area (Å²) in [5, 5.41) is 9.68. The molecule has 1 N–H and O–H groups in total. The molecule has 0 aromatic heterocycles. The average Bonchev–Trinajstić information content (AvgIpc) is 2.98. The van der Waals surface area contributed by atoms with Crippen LogP contribution in [0, 0.1) is 17.8 Å². The Morgan fingerprint density at radius 1 is 1.19 bits per heavy atom. The van der Waals surface area contributed by atoms with E-state index in [2.05, 4.69) is 23.6 Å². The van der Waals surface area contributed by atoms with Crippen LogP contribution in [-0.2, 0) is 4.79 Å². The number of hydrogen-bond donors (Lipinski definition) is 1. The molecule has 120 valence electrons. The zero-order valence-corrected chi connectivity index (χ0v) is 13.5. The van der Waals surface area contributed by atoms with Gasteiger partial charge in [-0.2, -0.15) is 0 Å². The summed E-state index contributed by atoms with van der Waals surface area (Å²) in [6.07, 6.45) is 5.91. The molecule has 3 aliphatic rings. The number of carboxylic acids is 1. The summed E-state index contributed by atoms with van der Waals surface area (Å²) < 4.78 is 0. The van der Waals surface area contributed by atoms with Crippen LogP contribution in [0.4, 0.5) is 0 Å². The molecular formula is C17H30N2O2. The molecule has 2 saturated heterocycles. The van der Waals surface area contributed by atoms with Gasteiger partial charge in [-0.3, -0.25) is 9.69 Å². The van der Waals surface area contributed by atoms with Gasteiger partial charge >= 0.3 is 5.97 Å². The predicted molar refractivity (Wildman–Crippen MR) is 83.3 cm³/mol. The molecule has 0 radical (unpaired) electrons. The van der Waals surface area contributed by atoms with Gasteiger partial charge in [0.2, 0.25) is 0 Å². The minimum atomic E-state index is -0.575. The number of aliphatic carboxylic acids is 1. The van der Waals surface area contributed by atoms with Crippen molar-refractivity contribution >= 4 is 5.97 Å². The fourth-order valence-electron chi connectivity index (χ4n) is 4.99. The standard InChI is InChI=1S/C17H30N2O2/c1-12(2)10-18-8-6-14(7-9-18)19-11-13-4-3-5-15(13)16(19)17(20)21/h12-16H,3-11H2,1-2H3,(H,20,21). The molecule has 3 fully saturated rings. The van der Waals surface area contributed by atoms with Crippen molar-refractivity contribution in [2.45, 2.75) is 58.0 Å². The Balaban J connectivity index is 1.61. The maximum Gasteiger partial charge on any atom is 0.321 e. The molecule has 0 amide bonds. The normalized spacial score (nSPS) is 35.5. The molecule has 3 unspecified atom stereocenters. The minimum Gasteiger partial charge on any atom is -0.480 e. The van der Waals surface area contributed by atoms with E-state index >= 15 is 0 Å². The molecule has 3 rings (SSSR count). The molecule has 4 nitrogen and oxygen atoms in total. The molecule has 21 heavy (non-hydrogen) atoms. The van der Waals surface area contributed by atoms with E-state index in [0.717, 1.165) is 44.8 Å². The molecule has 4 heteroatoms. The molecule has 2 heterocycles. The third kappa shape index (κ3) is 3.11. The van der Waals surface area contributed by atoms with Gasteiger partial charge in [0.15, 0.2) is 0 Å². The summed E-state index contributed by atoms with van der Waals surface area (Å²) in [6.45, 7) is 9.04. The van der Waals surface area contributed by atoms with E-state index < -0.39 is 5.97 Å². The number of carbonyl (C=O) groups is 1. The number of piperidine rings is 1. The fraction of sp³-hybridized carbons (Fsp3) is 0.941. The highest BCUT2D eigenvalue weighted by Gasteiger charge is 2.49. The fourth-order valence-corrected chi connectivity index (χ4v) is 4.99. The minimum absolute atomic E-state index is 0.195. The van der Waals surface area contributed by atoms with E-state index in [9.17, 15) is 9.90 Å². The van der Waals surface area contributed by atoms with Gasteiger partial charge in [0, 0.05) is 19.1 Å². The topological polar surface area (TPSA) is 43.8 Å². The van der Waals surface area contributed by atoms with Crippen LogP contribution in [0.15, 0.2) is 0 Å². The highest BCUT2D eigenvalue weighted by Crippen LogP contribution is 2.44.